The highest BCUT2D eigenvalue weighted by Crippen LogP contribution is 2.41. The first-order valence-electron chi connectivity index (χ1n) is 9.18. The van der Waals surface area contributed by atoms with E-state index < -0.39 is 0 Å². The van der Waals surface area contributed by atoms with Gasteiger partial charge in [-0.2, -0.15) is 0 Å². The van der Waals surface area contributed by atoms with Crippen LogP contribution in [0.5, 0.6) is 17.2 Å². The summed E-state index contributed by atoms with van der Waals surface area (Å²) in [6.07, 6.45) is 5.83. The summed E-state index contributed by atoms with van der Waals surface area (Å²) in [5.41, 5.74) is 9.31. The van der Waals surface area contributed by atoms with Crippen molar-refractivity contribution in [2.75, 3.05) is 0 Å². The van der Waals surface area contributed by atoms with Gasteiger partial charge < -0.3 is 21.1 Å². The van der Waals surface area contributed by atoms with E-state index in [9.17, 15) is 15.3 Å². The molecule has 4 heteroatoms. The van der Waals surface area contributed by atoms with Gasteiger partial charge in [0.05, 0.1) is 0 Å². The van der Waals surface area contributed by atoms with Gasteiger partial charge in [0.2, 0.25) is 0 Å². The summed E-state index contributed by atoms with van der Waals surface area (Å²) in [4.78, 5) is 0. The van der Waals surface area contributed by atoms with E-state index in [-0.39, 0.29) is 11.5 Å². The molecule has 0 spiro atoms. The Kier molecular flexibility index (Phi) is 6.71. The van der Waals surface area contributed by atoms with E-state index in [1.807, 2.05) is 19.9 Å². The molecule has 0 amide bonds. The SMILES string of the molecule is CC.NCc1cc(O)c(C2CCCCC2)cc1-c1ccc(O)c(O)c1. The van der Waals surface area contributed by atoms with Crippen molar-refractivity contribution >= 4 is 0 Å². The van der Waals surface area contributed by atoms with Crippen molar-refractivity contribution in [3.05, 3.63) is 41.5 Å². The molecule has 5 N–H and O–H groups in total. The van der Waals surface area contributed by atoms with Crippen molar-refractivity contribution in [2.45, 2.75) is 58.4 Å². The Morgan fingerprint density at radius 3 is 2.16 bits per heavy atom. The monoisotopic (exact) mass is 343 g/mol. The molecule has 25 heavy (non-hydrogen) atoms. The lowest BCUT2D eigenvalue weighted by Crippen LogP contribution is -2.07. The molecule has 0 heterocycles. The summed E-state index contributed by atoms with van der Waals surface area (Å²) >= 11 is 0. The molecule has 0 atom stereocenters. The highest BCUT2D eigenvalue weighted by Gasteiger charge is 2.21. The van der Waals surface area contributed by atoms with E-state index in [0.717, 1.165) is 35.1 Å². The average molecular weight is 343 g/mol. The van der Waals surface area contributed by atoms with Gasteiger partial charge in [-0.25, -0.2) is 0 Å². The van der Waals surface area contributed by atoms with E-state index in [1.165, 1.54) is 31.4 Å². The van der Waals surface area contributed by atoms with Gasteiger partial charge in [0.1, 0.15) is 5.75 Å². The predicted molar refractivity (Wildman–Crippen MR) is 102 cm³/mol. The zero-order valence-corrected chi connectivity index (χ0v) is 15.1. The highest BCUT2D eigenvalue weighted by molar-refractivity contribution is 5.72. The maximum atomic E-state index is 10.4. The van der Waals surface area contributed by atoms with Crippen LogP contribution in [0.1, 0.15) is 63.0 Å². The van der Waals surface area contributed by atoms with Crippen LogP contribution in [-0.4, -0.2) is 15.3 Å². The number of nitrogens with two attached hydrogens (primary N) is 1. The van der Waals surface area contributed by atoms with Gasteiger partial charge >= 0.3 is 0 Å². The zero-order chi connectivity index (χ0) is 18.4. The van der Waals surface area contributed by atoms with Crippen LogP contribution in [-0.2, 0) is 6.54 Å². The summed E-state index contributed by atoms with van der Waals surface area (Å²) < 4.78 is 0. The first-order valence-corrected chi connectivity index (χ1v) is 9.18. The molecule has 2 aromatic carbocycles. The van der Waals surface area contributed by atoms with Crippen molar-refractivity contribution in [3.8, 4) is 28.4 Å². The number of phenols is 3. The molecular weight excluding hydrogens is 314 g/mol. The standard InChI is InChI=1S/C19H23NO3.C2H6/c20-11-14-9-18(22)16(12-4-2-1-3-5-12)10-15(14)13-6-7-17(21)19(23)8-13;1-2/h6-10,12,21-23H,1-5,11,20H2;1-2H3. The lowest BCUT2D eigenvalue weighted by molar-refractivity contribution is 0.404. The van der Waals surface area contributed by atoms with Gasteiger partial charge in [-0.15, -0.1) is 0 Å². The molecule has 0 saturated heterocycles. The second-order valence-corrected chi connectivity index (χ2v) is 6.31. The maximum Gasteiger partial charge on any atom is 0.158 e. The largest absolute Gasteiger partial charge is 0.508 e. The quantitative estimate of drug-likeness (QED) is 0.590. The molecule has 4 nitrogen and oxygen atoms in total. The topological polar surface area (TPSA) is 86.7 Å². The van der Waals surface area contributed by atoms with Crippen molar-refractivity contribution in [2.24, 2.45) is 5.73 Å². The molecular formula is C21H29NO3. The molecule has 0 radical (unpaired) electrons. The molecule has 2 aromatic rings. The number of benzene rings is 2. The lowest BCUT2D eigenvalue weighted by Gasteiger charge is -2.24. The Hall–Kier alpha value is -2.20. The van der Waals surface area contributed by atoms with Crippen LogP contribution in [0.15, 0.2) is 30.3 Å². The summed E-state index contributed by atoms with van der Waals surface area (Å²) in [6, 6.07) is 8.50. The summed E-state index contributed by atoms with van der Waals surface area (Å²) in [6.45, 7) is 4.30. The first kappa shape index (κ1) is 19.1. The smallest absolute Gasteiger partial charge is 0.158 e. The van der Waals surface area contributed by atoms with Gasteiger partial charge in [0.15, 0.2) is 11.5 Å². The third-order valence-corrected chi connectivity index (χ3v) is 4.80. The van der Waals surface area contributed by atoms with Crippen LogP contribution < -0.4 is 5.73 Å². The Balaban J connectivity index is 0.00000109. The van der Waals surface area contributed by atoms with Crippen LogP contribution in [0, 0.1) is 0 Å². The van der Waals surface area contributed by atoms with Crippen LogP contribution in [0.3, 0.4) is 0 Å². The molecule has 0 aliphatic heterocycles. The van der Waals surface area contributed by atoms with E-state index >= 15 is 0 Å². The molecule has 0 unspecified atom stereocenters. The summed E-state index contributed by atoms with van der Waals surface area (Å²) in [5.74, 6) is 0.385. The maximum absolute atomic E-state index is 10.4. The molecule has 1 saturated carbocycles. The molecule has 1 aliphatic rings. The molecule has 3 rings (SSSR count). The van der Waals surface area contributed by atoms with Gasteiger partial charge in [0, 0.05) is 6.54 Å². The Bertz CT molecular complexity index is 707. The summed E-state index contributed by atoms with van der Waals surface area (Å²) in [5, 5.41) is 29.7. The predicted octanol–water partition coefficient (Wildman–Crippen LogP) is 5.00. The van der Waals surface area contributed by atoms with Crippen LogP contribution in [0.4, 0.5) is 0 Å². The van der Waals surface area contributed by atoms with Crippen molar-refractivity contribution in [1.82, 2.24) is 0 Å². The third kappa shape index (κ3) is 4.26. The van der Waals surface area contributed by atoms with E-state index in [4.69, 9.17) is 5.73 Å². The minimum absolute atomic E-state index is 0.144. The average Bonchev–Trinajstić information content (AvgIpc) is 2.66. The normalized spacial score (nSPS) is 14.7. The van der Waals surface area contributed by atoms with Crippen molar-refractivity contribution in [3.63, 3.8) is 0 Å². The third-order valence-electron chi connectivity index (χ3n) is 4.80. The minimum atomic E-state index is -0.155. The fourth-order valence-corrected chi connectivity index (χ4v) is 3.52. The zero-order valence-electron chi connectivity index (χ0n) is 15.1. The number of aromatic hydroxyl groups is 3. The number of hydrogen-bond donors (Lipinski definition) is 4. The number of phenolic OH excluding ortho intramolecular Hbond substituents is 3. The lowest BCUT2D eigenvalue weighted by atomic mass is 9.82. The fourth-order valence-electron chi connectivity index (χ4n) is 3.52. The Morgan fingerprint density at radius 2 is 1.56 bits per heavy atom. The number of hydrogen-bond acceptors (Lipinski definition) is 4. The molecule has 0 bridgehead atoms. The molecule has 1 aliphatic carbocycles. The Morgan fingerprint density at radius 1 is 0.880 bits per heavy atom. The second kappa shape index (κ2) is 8.77. The van der Waals surface area contributed by atoms with Crippen LogP contribution in [0.2, 0.25) is 0 Å². The van der Waals surface area contributed by atoms with Crippen molar-refractivity contribution < 1.29 is 15.3 Å². The van der Waals surface area contributed by atoms with Gasteiger partial charge in [-0.3, -0.25) is 0 Å². The number of rotatable bonds is 3. The van der Waals surface area contributed by atoms with E-state index in [2.05, 4.69) is 0 Å². The summed E-state index contributed by atoms with van der Waals surface area (Å²) in [7, 11) is 0. The molecule has 136 valence electrons. The molecule has 1 fully saturated rings. The molecule has 0 aromatic heterocycles. The fraction of sp³-hybridized carbons (Fsp3) is 0.429. The highest BCUT2D eigenvalue weighted by atomic mass is 16.3. The minimum Gasteiger partial charge on any atom is -0.508 e. The van der Waals surface area contributed by atoms with E-state index in [1.54, 1.807) is 12.1 Å². The Labute approximate surface area is 149 Å². The van der Waals surface area contributed by atoms with E-state index in [0.29, 0.717) is 18.2 Å². The van der Waals surface area contributed by atoms with Crippen LogP contribution >= 0.6 is 0 Å². The van der Waals surface area contributed by atoms with Gasteiger partial charge in [0.25, 0.3) is 0 Å². The second-order valence-electron chi connectivity index (χ2n) is 6.31. The van der Waals surface area contributed by atoms with Gasteiger partial charge in [-0.1, -0.05) is 39.2 Å². The first-order chi connectivity index (χ1) is 12.1. The van der Waals surface area contributed by atoms with Crippen LogP contribution in [0.25, 0.3) is 11.1 Å². The van der Waals surface area contributed by atoms with Crippen molar-refractivity contribution in [1.29, 1.82) is 0 Å². The van der Waals surface area contributed by atoms with Gasteiger partial charge in [-0.05, 0) is 65.3 Å².